The van der Waals surface area contributed by atoms with Crippen LogP contribution in [0.4, 0.5) is 26.3 Å². The molecule has 0 saturated carbocycles. The van der Waals surface area contributed by atoms with Crippen LogP contribution in [0.25, 0.3) is 0 Å². The zero-order valence-corrected chi connectivity index (χ0v) is 11.9. The number of piperazine rings is 1. The Kier molecular flexibility index (Phi) is 7.51. The molecule has 0 bridgehead atoms. The Bertz CT molecular complexity index is 347. The average molecular weight is 345 g/mol. The minimum absolute atomic E-state index is 0.0356. The summed E-state index contributed by atoms with van der Waals surface area (Å²) in [6.07, 6.45) is -10.2. The van der Waals surface area contributed by atoms with E-state index in [1.54, 1.807) is 0 Å². The molecule has 126 valence electrons. The molecule has 0 spiro atoms. The van der Waals surface area contributed by atoms with Crippen LogP contribution in [0.15, 0.2) is 0 Å². The number of rotatable bonds is 2. The predicted octanol–water partition coefficient (Wildman–Crippen LogP) is 1.79. The van der Waals surface area contributed by atoms with Crippen molar-refractivity contribution in [2.45, 2.75) is 31.2 Å². The Hall–Kier alpha value is -0.480. The van der Waals surface area contributed by atoms with E-state index in [9.17, 15) is 26.3 Å². The molecule has 0 radical (unpaired) electrons. The minimum Gasteiger partial charge on any atom is -0.314 e. The van der Waals surface area contributed by atoms with Gasteiger partial charge < -0.3 is 5.32 Å². The van der Waals surface area contributed by atoms with Crippen LogP contribution in [0.5, 0.6) is 0 Å². The zero-order valence-electron chi connectivity index (χ0n) is 11.0. The maximum atomic E-state index is 12.4. The first kappa shape index (κ1) is 20.5. The van der Waals surface area contributed by atoms with Gasteiger partial charge in [0.25, 0.3) is 0 Å². The third-order valence-corrected chi connectivity index (χ3v) is 2.78. The van der Waals surface area contributed by atoms with Crippen molar-refractivity contribution in [1.82, 2.24) is 10.2 Å². The van der Waals surface area contributed by atoms with Crippen molar-refractivity contribution in [2.24, 2.45) is 0 Å². The quantitative estimate of drug-likeness (QED) is 0.526. The maximum absolute atomic E-state index is 12.4. The van der Waals surface area contributed by atoms with Crippen molar-refractivity contribution in [3.05, 3.63) is 0 Å². The molecule has 1 saturated heterocycles. The summed E-state index contributed by atoms with van der Waals surface area (Å²) < 4.78 is 82.6. The van der Waals surface area contributed by atoms with E-state index in [1.165, 1.54) is 6.92 Å². The van der Waals surface area contributed by atoms with Gasteiger partial charge in [-0.15, -0.1) is 9.79 Å². The Morgan fingerprint density at radius 2 is 1.67 bits per heavy atom. The molecule has 1 aliphatic heterocycles. The molecule has 12 heteroatoms. The second-order valence-electron chi connectivity index (χ2n) is 4.76. The van der Waals surface area contributed by atoms with Gasteiger partial charge in [0, 0.05) is 29.7 Å². The van der Waals surface area contributed by atoms with Gasteiger partial charge in [0.2, 0.25) is 0 Å². The molecule has 21 heavy (non-hydrogen) atoms. The highest BCUT2D eigenvalue weighted by molar-refractivity contribution is 7.30. The first-order valence-electron chi connectivity index (χ1n) is 5.69. The van der Waals surface area contributed by atoms with Crippen LogP contribution in [0.2, 0.25) is 0 Å². The minimum atomic E-state index is -4.48. The first-order valence-corrected chi connectivity index (χ1v) is 6.86. The van der Waals surface area contributed by atoms with Gasteiger partial charge in [-0.2, -0.15) is 26.3 Å². The Morgan fingerprint density at radius 3 is 2.05 bits per heavy atom. The van der Waals surface area contributed by atoms with Crippen LogP contribution < -0.4 is 5.32 Å². The van der Waals surface area contributed by atoms with Gasteiger partial charge in [0.05, 0.1) is 13.0 Å². The first-order chi connectivity index (χ1) is 9.25. The number of halogens is 6. The van der Waals surface area contributed by atoms with Gasteiger partial charge in [0.15, 0.2) is 0 Å². The van der Waals surface area contributed by atoms with Crippen LogP contribution in [-0.2, 0) is 4.57 Å². The molecule has 0 aliphatic carbocycles. The summed E-state index contributed by atoms with van der Waals surface area (Å²) in [6, 6.07) is 0. The van der Waals surface area contributed by atoms with E-state index in [0.717, 1.165) is 4.90 Å². The molecule has 0 aromatic heterocycles. The van der Waals surface area contributed by atoms with Crippen LogP contribution in [-0.4, -0.2) is 58.8 Å². The summed E-state index contributed by atoms with van der Waals surface area (Å²) in [5.41, 5.74) is -1.54. The second-order valence-corrected chi connectivity index (χ2v) is 5.26. The molecular weight excluding hydrogens is 329 g/mol. The number of nitrogens with one attached hydrogen (secondary N) is 1. The lowest BCUT2D eigenvalue weighted by molar-refractivity contribution is -0.190. The van der Waals surface area contributed by atoms with Gasteiger partial charge in [0.1, 0.15) is 0 Å². The van der Waals surface area contributed by atoms with Gasteiger partial charge in [-0.3, -0.25) is 4.90 Å². The monoisotopic (exact) mass is 345 g/mol. The Morgan fingerprint density at radius 1 is 1.19 bits per heavy atom. The van der Waals surface area contributed by atoms with Gasteiger partial charge >= 0.3 is 20.6 Å². The highest BCUT2D eigenvalue weighted by Gasteiger charge is 2.47. The third-order valence-electron chi connectivity index (χ3n) is 2.78. The average Bonchev–Trinajstić information content (AvgIpc) is 2.16. The second kappa shape index (κ2) is 7.68. The predicted molar refractivity (Wildman–Crippen MR) is 61.6 cm³/mol. The molecule has 1 atom stereocenters. The molecule has 1 unspecified atom stereocenters. The van der Waals surface area contributed by atoms with Crippen molar-refractivity contribution in [3.8, 4) is 0 Å². The summed E-state index contributed by atoms with van der Waals surface area (Å²) in [5, 5.41) is 2.70. The van der Waals surface area contributed by atoms with E-state index < -0.39 is 39.1 Å². The van der Waals surface area contributed by atoms with E-state index in [0.29, 0.717) is 0 Å². The smallest absolute Gasteiger partial charge is 0.314 e. The molecule has 3 N–H and O–H groups in total. The summed E-state index contributed by atoms with van der Waals surface area (Å²) >= 11 is 0. The third kappa shape index (κ3) is 9.97. The standard InChI is InChI=1S/C9H14F6N2.HO3P/c1-7(4-8(10,11)12)5-16-2-3-17(7)6-9(13,14)15;1-4(2)3/h16H,2-6H2,1H3;(H-,1,2,3)/p+1. The molecule has 1 rings (SSSR count). The number of hydrogen-bond acceptors (Lipinski definition) is 3. The molecule has 1 fully saturated rings. The van der Waals surface area contributed by atoms with Crippen molar-refractivity contribution in [1.29, 1.82) is 0 Å². The van der Waals surface area contributed by atoms with Crippen LogP contribution >= 0.6 is 8.25 Å². The SMILES string of the molecule is CC1(CC(F)(F)F)CNCCN1CC(F)(F)F.O=[P+](O)O. The fourth-order valence-electron chi connectivity index (χ4n) is 2.05. The van der Waals surface area contributed by atoms with E-state index in [2.05, 4.69) is 5.32 Å². The lowest BCUT2D eigenvalue weighted by Crippen LogP contribution is -2.62. The number of hydrogen-bond donors (Lipinski definition) is 3. The van der Waals surface area contributed by atoms with Crippen molar-refractivity contribution >= 4 is 8.25 Å². The van der Waals surface area contributed by atoms with Gasteiger partial charge in [-0.05, 0) is 6.92 Å². The van der Waals surface area contributed by atoms with Crippen molar-refractivity contribution < 1.29 is 40.7 Å². The van der Waals surface area contributed by atoms with Crippen LogP contribution in [0, 0.1) is 0 Å². The topological polar surface area (TPSA) is 72.8 Å². The molecule has 1 heterocycles. The van der Waals surface area contributed by atoms with Gasteiger partial charge in [-0.25, -0.2) is 0 Å². The summed E-state index contributed by atoms with van der Waals surface area (Å²) in [7, 11) is -2.87. The van der Waals surface area contributed by atoms with Crippen LogP contribution in [0.1, 0.15) is 13.3 Å². The number of nitrogens with zero attached hydrogens (tertiary/aromatic N) is 1. The van der Waals surface area contributed by atoms with E-state index >= 15 is 0 Å². The van der Waals surface area contributed by atoms with E-state index in [4.69, 9.17) is 14.4 Å². The zero-order chi connectivity index (χ0) is 16.9. The van der Waals surface area contributed by atoms with Crippen molar-refractivity contribution in [2.75, 3.05) is 26.2 Å². The summed E-state index contributed by atoms with van der Waals surface area (Å²) in [5.74, 6) is 0. The van der Waals surface area contributed by atoms with Crippen molar-refractivity contribution in [3.63, 3.8) is 0 Å². The fraction of sp³-hybridized carbons (Fsp3) is 1.00. The molecule has 1 aliphatic rings. The Balaban J connectivity index is 0.000000885. The molecule has 0 aromatic rings. The largest absolute Gasteiger partial charge is 0.692 e. The number of alkyl halides is 6. The highest BCUT2D eigenvalue weighted by Crippen LogP contribution is 2.34. The van der Waals surface area contributed by atoms with E-state index in [-0.39, 0.29) is 19.6 Å². The van der Waals surface area contributed by atoms with Crippen LogP contribution in [0.3, 0.4) is 0 Å². The molecule has 0 amide bonds. The normalized spacial score (nSPS) is 24.2. The maximum Gasteiger partial charge on any atom is 0.692 e. The highest BCUT2D eigenvalue weighted by atomic mass is 31.1. The fourth-order valence-corrected chi connectivity index (χ4v) is 2.05. The molecular formula is C9H16F6N2O3P+. The Labute approximate surface area is 117 Å². The lowest BCUT2D eigenvalue weighted by atomic mass is 9.92. The van der Waals surface area contributed by atoms with Gasteiger partial charge in [-0.1, -0.05) is 0 Å². The lowest BCUT2D eigenvalue weighted by Gasteiger charge is -2.45. The molecule has 0 aromatic carbocycles. The summed E-state index contributed by atoms with van der Waals surface area (Å²) in [4.78, 5) is 15.1. The van der Waals surface area contributed by atoms with E-state index in [1.807, 2.05) is 0 Å². The molecule has 5 nitrogen and oxygen atoms in total. The summed E-state index contributed by atoms with van der Waals surface area (Å²) in [6.45, 7) is 0.0395.